The summed E-state index contributed by atoms with van der Waals surface area (Å²) in [6.07, 6.45) is 5.29. The SMILES string of the molecule is CCCNc1ncc(Br)c(NC(C)Cc2ccco2)n1. The molecule has 108 valence electrons. The number of hydrogen-bond acceptors (Lipinski definition) is 5. The Morgan fingerprint density at radius 3 is 3.00 bits per heavy atom. The van der Waals surface area contributed by atoms with Crippen LogP contribution in [0.5, 0.6) is 0 Å². The Morgan fingerprint density at radius 2 is 2.30 bits per heavy atom. The summed E-state index contributed by atoms with van der Waals surface area (Å²) in [4.78, 5) is 8.70. The topological polar surface area (TPSA) is 63.0 Å². The molecule has 2 aromatic heterocycles. The summed E-state index contributed by atoms with van der Waals surface area (Å²) in [5, 5.41) is 6.55. The lowest BCUT2D eigenvalue weighted by atomic mass is 10.2. The summed E-state index contributed by atoms with van der Waals surface area (Å²) >= 11 is 3.47. The van der Waals surface area contributed by atoms with Crippen molar-refractivity contribution in [2.45, 2.75) is 32.7 Å². The minimum atomic E-state index is 0.214. The van der Waals surface area contributed by atoms with E-state index in [9.17, 15) is 0 Å². The molecule has 2 rings (SSSR count). The van der Waals surface area contributed by atoms with Crippen LogP contribution in [0.3, 0.4) is 0 Å². The van der Waals surface area contributed by atoms with Gasteiger partial charge in [-0.1, -0.05) is 6.92 Å². The van der Waals surface area contributed by atoms with Crippen LogP contribution in [0, 0.1) is 0 Å². The molecule has 1 unspecified atom stereocenters. The molecule has 2 aromatic rings. The molecular weight excluding hydrogens is 320 g/mol. The molecule has 0 aliphatic carbocycles. The van der Waals surface area contributed by atoms with Crippen LogP contribution in [0.25, 0.3) is 0 Å². The van der Waals surface area contributed by atoms with Crippen LogP contribution in [0.2, 0.25) is 0 Å². The van der Waals surface area contributed by atoms with E-state index in [-0.39, 0.29) is 6.04 Å². The molecular formula is C14H19BrN4O. The van der Waals surface area contributed by atoms with Gasteiger partial charge in [-0.25, -0.2) is 4.98 Å². The third kappa shape index (κ3) is 4.23. The lowest BCUT2D eigenvalue weighted by molar-refractivity contribution is 0.497. The van der Waals surface area contributed by atoms with Crippen molar-refractivity contribution in [1.82, 2.24) is 9.97 Å². The van der Waals surface area contributed by atoms with Crippen LogP contribution in [0.4, 0.5) is 11.8 Å². The molecule has 0 saturated carbocycles. The predicted molar refractivity (Wildman–Crippen MR) is 84.0 cm³/mol. The number of anilines is 2. The van der Waals surface area contributed by atoms with E-state index in [1.165, 1.54) is 0 Å². The third-order valence-electron chi connectivity index (χ3n) is 2.75. The standard InChI is InChI=1S/C14H19BrN4O/c1-3-6-16-14-17-9-12(15)13(19-14)18-10(2)8-11-5-4-7-20-11/h4-5,7,9-10H,3,6,8H2,1-2H3,(H2,16,17,18,19). The molecule has 1 atom stereocenters. The zero-order chi connectivity index (χ0) is 14.4. The van der Waals surface area contributed by atoms with Gasteiger partial charge in [-0.15, -0.1) is 0 Å². The second kappa shape index (κ2) is 7.28. The largest absolute Gasteiger partial charge is 0.469 e. The van der Waals surface area contributed by atoms with Crippen LogP contribution in [-0.4, -0.2) is 22.6 Å². The quantitative estimate of drug-likeness (QED) is 0.805. The van der Waals surface area contributed by atoms with Gasteiger partial charge in [-0.05, 0) is 41.4 Å². The van der Waals surface area contributed by atoms with Gasteiger partial charge in [0.2, 0.25) is 5.95 Å². The molecule has 5 nitrogen and oxygen atoms in total. The van der Waals surface area contributed by atoms with Gasteiger partial charge in [0.1, 0.15) is 11.6 Å². The highest BCUT2D eigenvalue weighted by Crippen LogP contribution is 2.21. The van der Waals surface area contributed by atoms with Crippen molar-refractivity contribution >= 4 is 27.7 Å². The second-order valence-electron chi connectivity index (χ2n) is 4.65. The van der Waals surface area contributed by atoms with Crippen LogP contribution in [-0.2, 0) is 6.42 Å². The summed E-state index contributed by atoms with van der Waals surface area (Å²) < 4.78 is 6.20. The highest BCUT2D eigenvalue weighted by molar-refractivity contribution is 9.10. The lowest BCUT2D eigenvalue weighted by Gasteiger charge is -2.15. The minimum absolute atomic E-state index is 0.214. The number of furan rings is 1. The first kappa shape index (κ1) is 14.8. The Kier molecular flexibility index (Phi) is 5.40. The van der Waals surface area contributed by atoms with E-state index in [4.69, 9.17) is 4.42 Å². The molecule has 0 amide bonds. The van der Waals surface area contributed by atoms with Crippen molar-refractivity contribution in [3.8, 4) is 0 Å². The monoisotopic (exact) mass is 338 g/mol. The number of hydrogen-bond donors (Lipinski definition) is 2. The number of aromatic nitrogens is 2. The Hall–Kier alpha value is -1.56. The van der Waals surface area contributed by atoms with Gasteiger partial charge in [0.05, 0.1) is 10.7 Å². The first-order valence-electron chi connectivity index (χ1n) is 6.74. The van der Waals surface area contributed by atoms with E-state index >= 15 is 0 Å². The first-order chi connectivity index (χ1) is 9.69. The van der Waals surface area contributed by atoms with Crippen molar-refractivity contribution in [3.63, 3.8) is 0 Å². The highest BCUT2D eigenvalue weighted by Gasteiger charge is 2.10. The molecule has 0 aliphatic heterocycles. The fourth-order valence-corrected chi connectivity index (χ4v) is 2.11. The maximum atomic E-state index is 5.35. The zero-order valence-electron chi connectivity index (χ0n) is 11.7. The van der Waals surface area contributed by atoms with Crippen molar-refractivity contribution in [2.24, 2.45) is 0 Å². The van der Waals surface area contributed by atoms with E-state index in [0.717, 1.165) is 35.4 Å². The van der Waals surface area contributed by atoms with Crippen LogP contribution >= 0.6 is 15.9 Å². The Labute approximate surface area is 127 Å². The van der Waals surface area contributed by atoms with Crippen LogP contribution in [0.15, 0.2) is 33.5 Å². The van der Waals surface area contributed by atoms with Gasteiger partial charge in [-0.2, -0.15) is 4.98 Å². The van der Waals surface area contributed by atoms with Gasteiger partial charge in [0, 0.05) is 25.2 Å². The predicted octanol–water partition coefficient (Wildman–Crippen LogP) is 3.70. The fourth-order valence-electron chi connectivity index (χ4n) is 1.81. The molecule has 2 N–H and O–H groups in total. The Bertz CT molecular complexity index is 530. The van der Waals surface area contributed by atoms with E-state index in [0.29, 0.717) is 5.95 Å². The van der Waals surface area contributed by atoms with E-state index in [1.54, 1.807) is 12.5 Å². The number of nitrogens with zero attached hydrogens (tertiary/aromatic N) is 2. The molecule has 0 aliphatic rings. The van der Waals surface area contributed by atoms with Gasteiger partial charge in [-0.3, -0.25) is 0 Å². The van der Waals surface area contributed by atoms with Crippen molar-refractivity contribution in [3.05, 3.63) is 34.8 Å². The highest BCUT2D eigenvalue weighted by atomic mass is 79.9. The van der Waals surface area contributed by atoms with E-state index < -0.39 is 0 Å². The Morgan fingerprint density at radius 1 is 1.45 bits per heavy atom. The molecule has 20 heavy (non-hydrogen) atoms. The van der Waals surface area contributed by atoms with Gasteiger partial charge in [0.15, 0.2) is 0 Å². The van der Waals surface area contributed by atoms with Gasteiger partial charge in [0.25, 0.3) is 0 Å². The molecule has 2 heterocycles. The normalized spacial score (nSPS) is 12.2. The molecule has 0 spiro atoms. The van der Waals surface area contributed by atoms with Gasteiger partial charge < -0.3 is 15.1 Å². The minimum Gasteiger partial charge on any atom is -0.469 e. The Balaban J connectivity index is 2.00. The molecule has 0 aromatic carbocycles. The summed E-state index contributed by atoms with van der Waals surface area (Å²) in [5.74, 6) is 2.39. The number of nitrogens with one attached hydrogen (secondary N) is 2. The zero-order valence-corrected chi connectivity index (χ0v) is 13.3. The summed E-state index contributed by atoms with van der Waals surface area (Å²) in [5.41, 5.74) is 0. The number of rotatable bonds is 7. The molecule has 0 bridgehead atoms. The third-order valence-corrected chi connectivity index (χ3v) is 3.33. The van der Waals surface area contributed by atoms with Gasteiger partial charge >= 0.3 is 0 Å². The maximum absolute atomic E-state index is 5.35. The van der Waals surface area contributed by atoms with Crippen molar-refractivity contribution in [2.75, 3.05) is 17.2 Å². The van der Waals surface area contributed by atoms with E-state index in [1.807, 2.05) is 12.1 Å². The fraction of sp³-hybridized carbons (Fsp3) is 0.429. The summed E-state index contributed by atoms with van der Waals surface area (Å²) in [6.45, 7) is 5.07. The molecule has 0 radical (unpaired) electrons. The first-order valence-corrected chi connectivity index (χ1v) is 7.53. The average Bonchev–Trinajstić information content (AvgIpc) is 2.92. The smallest absolute Gasteiger partial charge is 0.224 e. The van der Waals surface area contributed by atoms with Crippen LogP contribution in [0.1, 0.15) is 26.0 Å². The van der Waals surface area contributed by atoms with Crippen LogP contribution < -0.4 is 10.6 Å². The average molecular weight is 339 g/mol. The molecule has 6 heteroatoms. The van der Waals surface area contributed by atoms with Crippen molar-refractivity contribution in [1.29, 1.82) is 0 Å². The summed E-state index contributed by atoms with van der Waals surface area (Å²) in [7, 11) is 0. The second-order valence-corrected chi connectivity index (χ2v) is 5.50. The summed E-state index contributed by atoms with van der Waals surface area (Å²) in [6, 6.07) is 4.09. The maximum Gasteiger partial charge on any atom is 0.224 e. The molecule has 0 saturated heterocycles. The van der Waals surface area contributed by atoms with Crippen molar-refractivity contribution < 1.29 is 4.42 Å². The number of halogens is 1. The molecule has 0 fully saturated rings. The lowest BCUT2D eigenvalue weighted by Crippen LogP contribution is -2.19. The van der Waals surface area contributed by atoms with E-state index in [2.05, 4.69) is 50.4 Å².